The first-order valence-corrected chi connectivity index (χ1v) is 5.46. The molecule has 0 fully saturated rings. The molecule has 1 aromatic rings. The van der Waals surface area contributed by atoms with E-state index in [0.717, 1.165) is 18.5 Å². The lowest BCUT2D eigenvalue weighted by atomic mass is 10.1. The highest BCUT2D eigenvalue weighted by molar-refractivity contribution is 5.88. The second-order valence-corrected chi connectivity index (χ2v) is 3.51. The molecule has 0 aromatic heterocycles. The maximum Gasteiger partial charge on any atom is 0.330 e. The summed E-state index contributed by atoms with van der Waals surface area (Å²) < 4.78 is 17.6. The van der Waals surface area contributed by atoms with Crippen molar-refractivity contribution in [3.05, 3.63) is 35.7 Å². The van der Waals surface area contributed by atoms with Crippen molar-refractivity contribution in [2.45, 2.75) is 13.3 Å². The van der Waals surface area contributed by atoms with Crippen LogP contribution in [-0.4, -0.2) is 19.6 Å². The van der Waals surface area contributed by atoms with Crippen molar-refractivity contribution in [3.63, 3.8) is 0 Å². The van der Waals surface area contributed by atoms with Crippen molar-refractivity contribution < 1.29 is 13.9 Å². The number of hydrogen-bond acceptors (Lipinski definition) is 3. The molecule has 0 radical (unpaired) electrons. The van der Waals surface area contributed by atoms with Gasteiger partial charge in [-0.1, -0.05) is 6.92 Å². The quantitative estimate of drug-likeness (QED) is 0.632. The molecular weight excluding hydrogens is 221 g/mol. The number of esters is 1. The number of anilines is 1. The average molecular weight is 237 g/mol. The van der Waals surface area contributed by atoms with E-state index in [0.29, 0.717) is 5.69 Å². The Bertz CT molecular complexity index is 416. The summed E-state index contributed by atoms with van der Waals surface area (Å²) >= 11 is 0. The Morgan fingerprint density at radius 3 is 2.94 bits per heavy atom. The normalized spacial score (nSPS) is 10.5. The number of hydrogen-bond donors (Lipinski definition) is 1. The van der Waals surface area contributed by atoms with Crippen molar-refractivity contribution >= 4 is 17.7 Å². The fourth-order valence-electron chi connectivity index (χ4n) is 1.31. The third kappa shape index (κ3) is 4.26. The minimum absolute atomic E-state index is 0.307. The monoisotopic (exact) mass is 237 g/mol. The fourth-order valence-corrected chi connectivity index (χ4v) is 1.31. The van der Waals surface area contributed by atoms with Gasteiger partial charge in [-0.15, -0.1) is 0 Å². The lowest BCUT2D eigenvalue weighted by molar-refractivity contribution is -0.134. The SMILES string of the molecule is CCCNc1cc(F)ccc1/C=C/C(=O)OC. The summed E-state index contributed by atoms with van der Waals surface area (Å²) in [5.74, 6) is -0.741. The maximum atomic E-state index is 13.1. The van der Waals surface area contributed by atoms with Crippen LogP contribution in [0.1, 0.15) is 18.9 Å². The Hall–Kier alpha value is -1.84. The zero-order chi connectivity index (χ0) is 12.7. The Morgan fingerprint density at radius 1 is 1.53 bits per heavy atom. The van der Waals surface area contributed by atoms with Crippen LogP contribution in [0.25, 0.3) is 6.08 Å². The summed E-state index contributed by atoms with van der Waals surface area (Å²) in [5.41, 5.74) is 1.43. The molecular formula is C13H16FNO2. The van der Waals surface area contributed by atoms with Crippen LogP contribution < -0.4 is 5.32 Å². The molecule has 92 valence electrons. The average Bonchev–Trinajstić information content (AvgIpc) is 2.34. The summed E-state index contributed by atoms with van der Waals surface area (Å²) in [6.45, 7) is 2.78. The van der Waals surface area contributed by atoms with Gasteiger partial charge in [0.05, 0.1) is 7.11 Å². The molecule has 0 heterocycles. The zero-order valence-electron chi connectivity index (χ0n) is 10.00. The van der Waals surface area contributed by atoms with Gasteiger partial charge in [-0.25, -0.2) is 9.18 Å². The smallest absolute Gasteiger partial charge is 0.330 e. The predicted octanol–water partition coefficient (Wildman–Crippen LogP) is 2.83. The molecule has 0 amide bonds. The van der Waals surface area contributed by atoms with E-state index in [1.165, 1.54) is 25.3 Å². The van der Waals surface area contributed by atoms with Crippen LogP contribution in [-0.2, 0) is 9.53 Å². The number of ether oxygens (including phenoxy) is 1. The van der Waals surface area contributed by atoms with E-state index in [1.54, 1.807) is 12.1 Å². The first-order valence-electron chi connectivity index (χ1n) is 5.46. The summed E-state index contributed by atoms with van der Waals surface area (Å²) in [6, 6.07) is 4.38. The minimum Gasteiger partial charge on any atom is -0.466 e. The molecule has 0 bridgehead atoms. The molecule has 0 saturated carbocycles. The maximum absolute atomic E-state index is 13.1. The largest absolute Gasteiger partial charge is 0.466 e. The van der Waals surface area contributed by atoms with E-state index in [9.17, 15) is 9.18 Å². The highest BCUT2D eigenvalue weighted by Crippen LogP contribution is 2.18. The number of carbonyl (C=O) groups is 1. The molecule has 1 aromatic carbocycles. The molecule has 3 nitrogen and oxygen atoms in total. The molecule has 0 spiro atoms. The van der Waals surface area contributed by atoms with Crippen molar-refractivity contribution in [3.8, 4) is 0 Å². The first-order chi connectivity index (χ1) is 8.17. The van der Waals surface area contributed by atoms with Crippen LogP contribution in [0.5, 0.6) is 0 Å². The third-order valence-corrected chi connectivity index (χ3v) is 2.18. The molecule has 1 rings (SSSR count). The molecule has 0 atom stereocenters. The zero-order valence-corrected chi connectivity index (χ0v) is 10.00. The number of methoxy groups -OCH3 is 1. The number of nitrogens with one attached hydrogen (secondary N) is 1. The molecule has 0 saturated heterocycles. The number of rotatable bonds is 5. The molecule has 17 heavy (non-hydrogen) atoms. The second kappa shape index (κ2) is 6.68. The molecule has 0 aliphatic carbocycles. The van der Waals surface area contributed by atoms with Gasteiger partial charge >= 0.3 is 5.97 Å². The third-order valence-electron chi connectivity index (χ3n) is 2.18. The lowest BCUT2D eigenvalue weighted by Gasteiger charge is -2.08. The summed E-state index contributed by atoms with van der Waals surface area (Å²) in [6.07, 6.45) is 3.85. The van der Waals surface area contributed by atoms with Gasteiger partial charge in [-0.05, 0) is 36.3 Å². The van der Waals surface area contributed by atoms with E-state index >= 15 is 0 Å². The fraction of sp³-hybridized carbons (Fsp3) is 0.308. The van der Waals surface area contributed by atoms with Crippen molar-refractivity contribution in [1.82, 2.24) is 0 Å². The summed E-state index contributed by atoms with van der Waals surface area (Å²) in [7, 11) is 1.31. The van der Waals surface area contributed by atoms with Crippen LogP contribution in [0.3, 0.4) is 0 Å². The van der Waals surface area contributed by atoms with E-state index in [1.807, 2.05) is 6.92 Å². The van der Waals surface area contributed by atoms with Gasteiger partial charge in [0.25, 0.3) is 0 Å². The van der Waals surface area contributed by atoms with Gasteiger partial charge < -0.3 is 10.1 Å². The topological polar surface area (TPSA) is 38.3 Å². The van der Waals surface area contributed by atoms with Crippen LogP contribution in [0.2, 0.25) is 0 Å². The van der Waals surface area contributed by atoms with Crippen molar-refractivity contribution in [1.29, 1.82) is 0 Å². The molecule has 1 N–H and O–H groups in total. The highest BCUT2D eigenvalue weighted by atomic mass is 19.1. The summed E-state index contributed by atoms with van der Waals surface area (Å²) in [4.78, 5) is 11.0. The van der Waals surface area contributed by atoms with Crippen molar-refractivity contribution in [2.24, 2.45) is 0 Å². The molecule has 0 unspecified atom stereocenters. The Morgan fingerprint density at radius 2 is 2.29 bits per heavy atom. The molecule has 0 aliphatic heterocycles. The van der Waals surface area contributed by atoms with Gasteiger partial charge in [0, 0.05) is 18.3 Å². The summed E-state index contributed by atoms with van der Waals surface area (Å²) in [5, 5.41) is 3.10. The van der Waals surface area contributed by atoms with Crippen LogP contribution in [0.15, 0.2) is 24.3 Å². The molecule has 4 heteroatoms. The Balaban J connectivity index is 2.89. The number of carbonyl (C=O) groups excluding carboxylic acids is 1. The van der Waals surface area contributed by atoms with E-state index < -0.39 is 5.97 Å². The van der Waals surface area contributed by atoms with Gasteiger partial charge in [0.15, 0.2) is 0 Å². The van der Waals surface area contributed by atoms with Gasteiger partial charge in [0.2, 0.25) is 0 Å². The lowest BCUT2D eigenvalue weighted by Crippen LogP contribution is -2.02. The van der Waals surface area contributed by atoms with E-state index in [-0.39, 0.29) is 5.82 Å². The number of benzene rings is 1. The van der Waals surface area contributed by atoms with E-state index in [4.69, 9.17) is 0 Å². The minimum atomic E-state index is -0.434. The first kappa shape index (κ1) is 13.2. The van der Waals surface area contributed by atoms with Gasteiger partial charge in [-0.3, -0.25) is 0 Å². The Kier molecular flexibility index (Phi) is 5.20. The molecule has 0 aliphatic rings. The predicted molar refractivity (Wildman–Crippen MR) is 66.2 cm³/mol. The van der Waals surface area contributed by atoms with Crippen molar-refractivity contribution in [2.75, 3.05) is 19.0 Å². The van der Waals surface area contributed by atoms with Crippen LogP contribution in [0, 0.1) is 5.82 Å². The Labute approximate surface area is 100 Å². The standard InChI is InChI=1S/C13H16FNO2/c1-3-8-15-12-9-11(14)6-4-10(12)5-7-13(16)17-2/h4-7,9,15H,3,8H2,1-2H3/b7-5+. The van der Waals surface area contributed by atoms with Gasteiger partial charge in [-0.2, -0.15) is 0 Å². The van der Waals surface area contributed by atoms with E-state index in [2.05, 4.69) is 10.1 Å². The van der Waals surface area contributed by atoms with Crippen LogP contribution in [0.4, 0.5) is 10.1 Å². The van der Waals surface area contributed by atoms with Crippen LogP contribution >= 0.6 is 0 Å². The van der Waals surface area contributed by atoms with Gasteiger partial charge in [0.1, 0.15) is 5.82 Å². The second-order valence-electron chi connectivity index (χ2n) is 3.51. The number of halogens is 1. The highest BCUT2D eigenvalue weighted by Gasteiger charge is 2.01.